The molecule has 4 rings (SSSR count). The third-order valence-electron chi connectivity index (χ3n) is 4.79. The van der Waals surface area contributed by atoms with E-state index in [0.717, 1.165) is 6.42 Å². The van der Waals surface area contributed by atoms with Gasteiger partial charge < -0.3 is 4.90 Å². The first kappa shape index (κ1) is 14.7. The number of nitrogens with zero attached hydrogens (tertiary/aromatic N) is 2. The molecule has 2 aromatic carbocycles. The van der Waals surface area contributed by atoms with Crippen LogP contribution in [0.15, 0.2) is 78.6 Å². The van der Waals surface area contributed by atoms with Gasteiger partial charge in [-0.05, 0) is 29.3 Å². The van der Waals surface area contributed by atoms with Crippen LogP contribution in [0, 0.1) is 0 Å². The van der Waals surface area contributed by atoms with E-state index in [1.807, 2.05) is 0 Å². The van der Waals surface area contributed by atoms with E-state index in [1.54, 1.807) is 0 Å². The van der Waals surface area contributed by atoms with Gasteiger partial charge in [-0.2, -0.15) is 0 Å². The highest BCUT2D eigenvalue weighted by atomic mass is 15.1. The lowest BCUT2D eigenvalue weighted by atomic mass is 10.1. The molecule has 1 aliphatic rings. The maximum absolute atomic E-state index is 2.28. The summed E-state index contributed by atoms with van der Waals surface area (Å²) in [6, 6.07) is 19.3. The average molecular weight is 313 g/mol. The highest BCUT2D eigenvalue weighted by Gasteiger charge is 2.19. The van der Waals surface area contributed by atoms with Crippen LogP contribution < -0.4 is 9.47 Å². The lowest BCUT2D eigenvalue weighted by Crippen LogP contribution is -2.28. The molecule has 0 atom stereocenters. The number of hydrogen-bond acceptors (Lipinski definition) is 1. The maximum Gasteiger partial charge on any atom is 0.212 e. The van der Waals surface area contributed by atoms with Gasteiger partial charge in [0.1, 0.15) is 7.05 Å². The molecule has 0 unspecified atom stereocenters. The van der Waals surface area contributed by atoms with E-state index in [2.05, 4.69) is 103 Å². The molecule has 24 heavy (non-hydrogen) atoms. The van der Waals surface area contributed by atoms with Gasteiger partial charge in [0.15, 0.2) is 6.20 Å². The van der Waals surface area contributed by atoms with Crippen LogP contribution in [0.2, 0.25) is 0 Å². The molecule has 0 aliphatic carbocycles. The first-order valence-electron chi connectivity index (χ1n) is 8.30. The van der Waals surface area contributed by atoms with E-state index in [-0.39, 0.29) is 0 Å². The molecule has 0 amide bonds. The van der Waals surface area contributed by atoms with E-state index in [9.17, 15) is 0 Å². The second-order valence-electron chi connectivity index (χ2n) is 6.28. The zero-order valence-corrected chi connectivity index (χ0v) is 14.1. The first-order valence-corrected chi connectivity index (χ1v) is 8.30. The Morgan fingerprint density at radius 2 is 1.79 bits per heavy atom. The fourth-order valence-corrected chi connectivity index (χ4v) is 3.42. The van der Waals surface area contributed by atoms with Gasteiger partial charge in [0.05, 0.1) is 5.39 Å². The lowest BCUT2D eigenvalue weighted by Gasteiger charge is -2.13. The molecular formula is C22H21N2+. The molecule has 0 N–H and O–H groups in total. The zero-order chi connectivity index (χ0) is 16.5. The van der Waals surface area contributed by atoms with Crippen molar-refractivity contribution >= 4 is 22.7 Å². The minimum Gasteiger partial charge on any atom is -0.348 e. The molecule has 2 nitrogen and oxygen atoms in total. The Bertz CT molecular complexity index is 967. The van der Waals surface area contributed by atoms with Gasteiger partial charge in [-0.25, -0.2) is 4.57 Å². The van der Waals surface area contributed by atoms with E-state index in [1.165, 1.54) is 33.4 Å². The van der Waals surface area contributed by atoms with Crippen LogP contribution in [0.25, 0.3) is 17.0 Å². The second kappa shape index (κ2) is 5.97. The SMILES string of the molecule is CN1C(=CC=Cc2cc[n+](C)c3ccccc23)Cc2ccccc21. The molecule has 1 aromatic heterocycles. The quantitative estimate of drug-likeness (QED) is 0.641. The number of fused-ring (bicyclic) bond motifs is 2. The summed E-state index contributed by atoms with van der Waals surface area (Å²) in [5.41, 5.74) is 6.54. The Labute approximate surface area is 143 Å². The normalized spacial score (nSPS) is 15.6. The standard InChI is InChI=1S/C22H21N2/c1-23-15-14-17(20-11-4-6-13-22(20)23)9-7-10-19-16-18-8-3-5-12-21(18)24(19)2/h3-15H,16H2,1-2H3/q+1. The smallest absolute Gasteiger partial charge is 0.212 e. The van der Waals surface area contributed by atoms with Crippen LogP contribution in [0.4, 0.5) is 5.69 Å². The zero-order valence-electron chi connectivity index (χ0n) is 14.1. The maximum atomic E-state index is 2.28. The van der Waals surface area contributed by atoms with Crippen molar-refractivity contribution in [3.8, 4) is 0 Å². The van der Waals surface area contributed by atoms with Crippen LogP contribution in [-0.2, 0) is 13.5 Å². The number of aromatic nitrogens is 1. The summed E-state index contributed by atoms with van der Waals surface area (Å²) in [6.45, 7) is 0. The summed E-state index contributed by atoms with van der Waals surface area (Å²) in [5.74, 6) is 0. The molecule has 2 heteroatoms. The number of allylic oxidation sites excluding steroid dienone is 3. The highest BCUT2D eigenvalue weighted by molar-refractivity contribution is 5.85. The van der Waals surface area contributed by atoms with Gasteiger partial charge in [-0.15, -0.1) is 0 Å². The molecule has 1 aliphatic heterocycles. The summed E-state index contributed by atoms with van der Waals surface area (Å²) in [6.07, 6.45) is 9.71. The van der Waals surface area contributed by atoms with Crippen LogP contribution in [-0.4, -0.2) is 7.05 Å². The molecule has 0 radical (unpaired) electrons. The average Bonchev–Trinajstić information content (AvgIpc) is 2.94. The van der Waals surface area contributed by atoms with Crippen LogP contribution in [0.3, 0.4) is 0 Å². The summed E-state index contributed by atoms with van der Waals surface area (Å²) >= 11 is 0. The van der Waals surface area contributed by atoms with Crippen molar-refractivity contribution in [2.75, 3.05) is 11.9 Å². The summed E-state index contributed by atoms with van der Waals surface area (Å²) in [7, 11) is 4.23. The fraction of sp³-hybridized carbons (Fsp3) is 0.136. The van der Waals surface area contributed by atoms with E-state index >= 15 is 0 Å². The van der Waals surface area contributed by atoms with Gasteiger partial charge in [-0.1, -0.05) is 42.5 Å². The van der Waals surface area contributed by atoms with Gasteiger partial charge >= 0.3 is 0 Å². The van der Waals surface area contributed by atoms with Gasteiger partial charge in [0.2, 0.25) is 5.52 Å². The molecule has 0 fully saturated rings. The van der Waals surface area contributed by atoms with Gasteiger partial charge in [0, 0.05) is 37.0 Å². The van der Waals surface area contributed by atoms with Crippen molar-refractivity contribution in [2.45, 2.75) is 6.42 Å². The molecule has 0 spiro atoms. The molecule has 0 bridgehead atoms. The Balaban J connectivity index is 1.65. The molecular weight excluding hydrogens is 292 g/mol. The number of benzene rings is 2. The van der Waals surface area contributed by atoms with Crippen molar-refractivity contribution in [2.24, 2.45) is 7.05 Å². The Hall–Kier alpha value is -2.87. The summed E-state index contributed by atoms with van der Waals surface area (Å²) in [5, 5.41) is 1.28. The predicted octanol–water partition coefficient (Wildman–Crippen LogP) is 4.25. The second-order valence-corrected chi connectivity index (χ2v) is 6.28. The van der Waals surface area contributed by atoms with Crippen molar-refractivity contribution in [1.29, 1.82) is 0 Å². The number of anilines is 1. The third-order valence-corrected chi connectivity index (χ3v) is 4.79. The van der Waals surface area contributed by atoms with Crippen LogP contribution >= 0.6 is 0 Å². The largest absolute Gasteiger partial charge is 0.348 e. The number of likely N-dealkylation sites (N-methyl/N-ethyl adjacent to an activating group) is 1. The highest BCUT2D eigenvalue weighted by Crippen LogP contribution is 2.32. The van der Waals surface area contributed by atoms with E-state index < -0.39 is 0 Å². The minimum absolute atomic E-state index is 1.00. The monoisotopic (exact) mass is 313 g/mol. The van der Waals surface area contributed by atoms with Crippen LogP contribution in [0.1, 0.15) is 11.1 Å². The van der Waals surface area contributed by atoms with Gasteiger partial charge in [-0.3, -0.25) is 0 Å². The van der Waals surface area contributed by atoms with E-state index in [4.69, 9.17) is 0 Å². The minimum atomic E-state index is 1.00. The molecule has 118 valence electrons. The number of aryl methyl sites for hydroxylation is 1. The molecule has 0 saturated heterocycles. The Morgan fingerprint density at radius 1 is 1.00 bits per heavy atom. The summed E-state index contributed by atoms with van der Waals surface area (Å²) < 4.78 is 2.16. The molecule has 2 heterocycles. The summed E-state index contributed by atoms with van der Waals surface area (Å²) in [4.78, 5) is 2.28. The Morgan fingerprint density at radius 3 is 2.67 bits per heavy atom. The first-order chi connectivity index (χ1) is 11.7. The molecule has 0 saturated carbocycles. The number of para-hydroxylation sites is 2. The van der Waals surface area contributed by atoms with Crippen molar-refractivity contribution in [3.63, 3.8) is 0 Å². The number of rotatable bonds is 2. The van der Waals surface area contributed by atoms with Crippen LogP contribution in [0.5, 0.6) is 0 Å². The van der Waals surface area contributed by atoms with E-state index in [0.29, 0.717) is 0 Å². The number of hydrogen-bond donors (Lipinski definition) is 0. The Kier molecular flexibility index (Phi) is 3.66. The predicted molar refractivity (Wildman–Crippen MR) is 101 cm³/mol. The lowest BCUT2D eigenvalue weighted by molar-refractivity contribution is -0.644. The number of pyridine rings is 1. The van der Waals surface area contributed by atoms with Crippen molar-refractivity contribution in [3.05, 3.63) is 89.8 Å². The third kappa shape index (κ3) is 2.50. The fourth-order valence-electron chi connectivity index (χ4n) is 3.42. The van der Waals surface area contributed by atoms with Gasteiger partial charge in [0.25, 0.3) is 0 Å². The molecule has 3 aromatic rings. The van der Waals surface area contributed by atoms with Crippen molar-refractivity contribution < 1.29 is 4.57 Å². The van der Waals surface area contributed by atoms with Crippen molar-refractivity contribution in [1.82, 2.24) is 0 Å². The topological polar surface area (TPSA) is 7.12 Å².